The van der Waals surface area contributed by atoms with E-state index in [1.807, 2.05) is 12.1 Å². The Balaban J connectivity index is 1.47. The summed E-state index contributed by atoms with van der Waals surface area (Å²) in [4.78, 5) is 16.2. The van der Waals surface area contributed by atoms with Crippen LogP contribution in [-0.4, -0.2) is 45.5 Å². The number of fused-ring (bicyclic) bond motifs is 2. The first-order chi connectivity index (χ1) is 14.9. The molecule has 0 saturated carbocycles. The molecule has 0 spiro atoms. The summed E-state index contributed by atoms with van der Waals surface area (Å²) >= 11 is 0. The molecule has 0 atom stereocenters. The van der Waals surface area contributed by atoms with Gasteiger partial charge in [0.2, 0.25) is 10.0 Å². The van der Waals surface area contributed by atoms with Crippen molar-refractivity contribution in [2.24, 2.45) is 0 Å². The van der Waals surface area contributed by atoms with Crippen LogP contribution in [0.2, 0.25) is 0 Å². The van der Waals surface area contributed by atoms with E-state index in [0.717, 1.165) is 40.9 Å². The van der Waals surface area contributed by atoms with Crippen molar-refractivity contribution in [3.8, 4) is 11.4 Å². The standard InChI is InChI=1S/C23H23N5O2S/c1-15-6-7-16(11-20(15)22-26-21-12-24-14-25-23(21)27-22)10-17-4-3-5-18-13-28(31(2,29)30)9-8-19(17)18/h3-7,11-12,14H,8-10,13H2,1-2H3,(H,24,25,26,27). The molecule has 31 heavy (non-hydrogen) atoms. The van der Waals surface area contributed by atoms with Crippen molar-refractivity contribution < 1.29 is 8.42 Å². The molecule has 5 rings (SSSR count). The van der Waals surface area contributed by atoms with E-state index < -0.39 is 10.0 Å². The van der Waals surface area contributed by atoms with Gasteiger partial charge in [-0.2, -0.15) is 4.31 Å². The fourth-order valence-electron chi connectivity index (χ4n) is 4.25. The van der Waals surface area contributed by atoms with Crippen LogP contribution in [0.1, 0.15) is 27.8 Å². The summed E-state index contributed by atoms with van der Waals surface area (Å²) in [5, 5.41) is 0. The van der Waals surface area contributed by atoms with Crippen molar-refractivity contribution >= 4 is 21.2 Å². The fourth-order valence-corrected chi connectivity index (χ4v) is 5.05. The number of aryl methyl sites for hydroxylation is 1. The highest BCUT2D eigenvalue weighted by Gasteiger charge is 2.24. The molecule has 4 aromatic rings. The van der Waals surface area contributed by atoms with Gasteiger partial charge in [0, 0.05) is 18.7 Å². The van der Waals surface area contributed by atoms with Crippen molar-refractivity contribution in [2.75, 3.05) is 12.8 Å². The Kier molecular flexibility index (Phi) is 4.83. The maximum absolute atomic E-state index is 11.9. The molecule has 0 saturated heterocycles. The van der Waals surface area contributed by atoms with Gasteiger partial charge in [-0.1, -0.05) is 30.3 Å². The molecular formula is C23H23N5O2S. The summed E-state index contributed by atoms with van der Waals surface area (Å²) in [6.07, 6.45) is 6.03. The highest BCUT2D eigenvalue weighted by atomic mass is 32.2. The van der Waals surface area contributed by atoms with E-state index in [9.17, 15) is 8.42 Å². The lowest BCUT2D eigenvalue weighted by Crippen LogP contribution is -2.35. The van der Waals surface area contributed by atoms with Crippen LogP contribution in [0, 0.1) is 6.92 Å². The van der Waals surface area contributed by atoms with E-state index in [1.165, 1.54) is 29.3 Å². The van der Waals surface area contributed by atoms with Crippen LogP contribution in [0.4, 0.5) is 0 Å². The number of H-pyrrole nitrogens is 1. The molecule has 1 aliphatic heterocycles. The van der Waals surface area contributed by atoms with Crippen molar-refractivity contribution in [3.05, 3.63) is 76.7 Å². The second-order valence-corrected chi connectivity index (χ2v) is 10.1. The first-order valence-corrected chi connectivity index (χ1v) is 12.0. The Labute approximate surface area is 181 Å². The van der Waals surface area contributed by atoms with Crippen LogP contribution in [0.15, 0.2) is 48.9 Å². The van der Waals surface area contributed by atoms with Crippen LogP contribution < -0.4 is 0 Å². The van der Waals surface area contributed by atoms with E-state index in [-0.39, 0.29) is 0 Å². The molecule has 0 amide bonds. The summed E-state index contributed by atoms with van der Waals surface area (Å²) < 4.78 is 25.4. The van der Waals surface area contributed by atoms with Gasteiger partial charge in [-0.15, -0.1) is 0 Å². The van der Waals surface area contributed by atoms with E-state index in [4.69, 9.17) is 0 Å². The SMILES string of the molecule is Cc1ccc(Cc2cccc3c2CCN(S(C)(=O)=O)C3)cc1-c1nc2ncncc2[nH]1. The molecule has 0 radical (unpaired) electrons. The highest BCUT2D eigenvalue weighted by Crippen LogP contribution is 2.28. The first-order valence-electron chi connectivity index (χ1n) is 10.2. The van der Waals surface area contributed by atoms with Crippen LogP contribution >= 0.6 is 0 Å². The van der Waals surface area contributed by atoms with Crippen molar-refractivity contribution in [3.63, 3.8) is 0 Å². The third kappa shape index (κ3) is 3.84. The van der Waals surface area contributed by atoms with E-state index in [1.54, 1.807) is 10.5 Å². The Morgan fingerprint density at radius 3 is 2.87 bits per heavy atom. The number of rotatable bonds is 4. The molecular weight excluding hydrogens is 410 g/mol. The van der Waals surface area contributed by atoms with E-state index >= 15 is 0 Å². The van der Waals surface area contributed by atoms with Gasteiger partial charge >= 0.3 is 0 Å². The minimum Gasteiger partial charge on any atom is -0.335 e. The number of aromatic nitrogens is 4. The second-order valence-electron chi connectivity index (χ2n) is 8.07. The fraction of sp³-hybridized carbons (Fsp3) is 0.261. The molecule has 7 nitrogen and oxygen atoms in total. The topological polar surface area (TPSA) is 91.8 Å². The first kappa shape index (κ1) is 19.8. The third-order valence-electron chi connectivity index (χ3n) is 5.91. The predicted octanol–water partition coefficient (Wildman–Crippen LogP) is 3.24. The van der Waals surface area contributed by atoms with Gasteiger partial charge in [0.1, 0.15) is 17.7 Å². The maximum Gasteiger partial charge on any atom is 0.211 e. The summed E-state index contributed by atoms with van der Waals surface area (Å²) in [6, 6.07) is 12.6. The second kappa shape index (κ2) is 7.55. The molecule has 1 N–H and O–H groups in total. The van der Waals surface area contributed by atoms with Crippen LogP contribution in [0.5, 0.6) is 0 Å². The summed E-state index contributed by atoms with van der Waals surface area (Å²) in [5.41, 5.74) is 8.44. The summed E-state index contributed by atoms with van der Waals surface area (Å²) in [6.45, 7) is 3.05. The molecule has 1 aliphatic rings. The van der Waals surface area contributed by atoms with Crippen LogP contribution in [0.25, 0.3) is 22.6 Å². The quantitative estimate of drug-likeness (QED) is 0.533. The van der Waals surface area contributed by atoms with Crippen LogP contribution in [-0.2, 0) is 29.4 Å². The van der Waals surface area contributed by atoms with Gasteiger partial charge in [-0.3, -0.25) is 0 Å². The van der Waals surface area contributed by atoms with Crippen molar-refractivity contribution in [1.82, 2.24) is 24.2 Å². The number of benzene rings is 2. The molecule has 2 aromatic carbocycles. The summed E-state index contributed by atoms with van der Waals surface area (Å²) in [5.74, 6) is 0.786. The molecule has 0 bridgehead atoms. The van der Waals surface area contributed by atoms with Gasteiger partial charge in [0.05, 0.1) is 12.5 Å². The molecule has 2 aromatic heterocycles. The Bertz CT molecular complexity index is 1360. The summed E-state index contributed by atoms with van der Waals surface area (Å²) in [7, 11) is -3.18. The average molecular weight is 434 g/mol. The van der Waals surface area contributed by atoms with E-state index in [0.29, 0.717) is 18.7 Å². The smallest absolute Gasteiger partial charge is 0.211 e. The molecule has 158 valence electrons. The molecule has 3 heterocycles. The van der Waals surface area contributed by atoms with Crippen LogP contribution in [0.3, 0.4) is 0 Å². The zero-order chi connectivity index (χ0) is 21.6. The molecule has 0 unspecified atom stereocenters. The highest BCUT2D eigenvalue weighted by molar-refractivity contribution is 7.88. The third-order valence-corrected chi connectivity index (χ3v) is 7.16. The van der Waals surface area contributed by atoms with E-state index in [2.05, 4.69) is 51.1 Å². The minimum atomic E-state index is -3.18. The van der Waals surface area contributed by atoms with Gasteiger partial charge in [0.25, 0.3) is 0 Å². The number of sulfonamides is 1. The number of nitrogens with one attached hydrogen (secondary N) is 1. The monoisotopic (exact) mass is 433 g/mol. The lowest BCUT2D eigenvalue weighted by atomic mass is 9.91. The largest absolute Gasteiger partial charge is 0.335 e. The number of imidazole rings is 1. The zero-order valence-electron chi connectivity index (χ0n) is 17.5. The average Bonchev–Trinajstić information content (AvgIpc) is 3.18. The van der Waals surface area contributed by atoms with Gasteiger partial charge < -0.3 is 4.98 Å². The van der Waals surface area contributed by atoms with Crippen molar-refractivity contribution in [2.45, 2.75) is 26.3 Å². The molecule has 8 heteroatoms. The Hall–Kier alpha value is -3.10. The Morgan fingerprint density at radius 1 is 1.19 bits per heavy atom. The normalized spacial score (nSPS) is 14.6. The molecule has 0 aliphatic carbocycles. The zero-order valence-corrected chi connectivity index (χ0v) is 18.3. The number of nitrogens with zero attached hydrogens (tertiary/aromatic N) is 4. The predicted molar refractivity (Wildman–Crippen MR) is 120 cm³/mol. The maximum atomic E-state index is 11.9. The lowest BCUT2D eigenvalue weighted by Gasteiger charge is -2.28. The van der Waals surface area contributed by atoms with Gasteiger partial charge in [-0.05, 0) is 53.6 Å². The van der Waals surface area contributed by atoms with Gasteiger partial charge in [0.15, 0.2) is 5.65 Å². The van der Waals surface area contributed by atoms with Crippen molar-refractivity contribution in [1.29, 1.82) is 0 Å². The van der Waals surface area contributed by atoms with Gasteiger partial charge in [-0.25, -0.2) is 23.4 Å². The lowest BCUT2D eigenvalue weighted by molar-refractivity contribution is 0.394. The number of aromatic amines is 1. The number of hydrogen-bond acceptors (Lipinski definition) is 5. The minimum absolute atomic E-state index is 0.446. The number of hydrogen-bond donors (Lipinski definition) is 1. The molecule has 0 fully saturated rings. The Morgan fingerprint density at radius 2 is 2.06 bits per heavy atom.